The molecule has 19 heavy (non-hydrogen) atoms. The number of nitrogens with one attached hydrogen (secondary N) is 1. The van der Waals surface area contributed by atoms with Gasteiger partial charge >= 0.3 is 0 Å². The fourth-order valence-electron chi connectivity index (χ4n) is 1.89. The SMILES string of the molecule is CCCC(Nc1cc(OCC)ncn1)c1cccs1. The topological polar surface area (TPSA) is 47.0 Å². The van der Waals surface area contributed by atoms with Gasteiger partial charge in [-0.05, 0) is 24.8 Å². The average Bonchev–Trinajstić information content (AvgIpc) is 2.93. The van der Waals surface area contributed by atoms with Crippen molar-refractivity contribution in [3.8, 4) is 5.88 Å². The highest BCUT2D eigenvalue weighted by molar-refractivity contribution is 7.10. The van der Waals surface area contributed by atoms with Gasteiger partial charge in [-0.25, -0.2) is 9.97 Å². The smallest absolute Gasteiger partial charge is 0.218 e. The molecule has 0 aliphatic carbocycles. The Morgan fingerprint density at radius 1 is 1.37 bits per heavy atom. The van der Waals surface area contributed by atoms with E-state index in [9.17, 15) is 0 Å². The minimum atomic E-state index is 0.300. The molecule has 0 aliphatic heterocycles. The fourth-order valence-corrected chi connectivity index (χ4v) is 2.70. The standard InChI is InChI=1S/C14H19N3OS/c1-3-6-11(12-7-5-8-19-12)17-13-9-14(18-4-2)16-10-15-13/h5,7-11H,3-4,6H2,1-2H3,(H,15,16,17). The predicted molar refractivity (Wildman–Crippen MR) is 78.8 cm³/mol. The third-order valence-electron chi connectivity index (χ3n) is 2.72. The molecule has 2 heterocycles. The zero-order valence-electron chi connectivity index (χ0n) is 11.3. The van der Waals surface area contributed by atoms with Gasteiger partial charge in [0.15, 0.2) is 0 Å². The zero-order chi connectivity index (χ0) is 13.5. The molecule has 0 bridgehead atoms. The Hall–Kier alpha value is -1.62. The third kappa shape index (κ3) is 3.92. The molecule has 0 saturated carbocycles. The van der Waals surface area contributed by atoms with Gasteiger partial charge in [0.25, 0.3) is 0 Å². The van der Waals surface area contributed by atoms with E-state index in [1.165, 1.54) is 11.2 Å². The molecule has 0 spiro atoms. The van der Waals surface area contributed by atoms with E-state index >= 15 is 0 Å². The molecular weight excluding hydrogens is 258 g/mol. The number of rotatable bonds is 7. The van der Waals surface area contributed by atoms with Crippen molar-refractivity contribution < 1.29 is 4.74 Å². The van der Waals surface area contributed by atoms with Crippen molar-refractivity contribution in [2.24, 2.45) is 0 Å². The van der Waals surface area contributed by atoms with Crippen LogP contribution in [0.3, 0.4) is 0 Å². The van der Waals surface area contributed by atoms with E-state index in [0.29, 0.717) is 18.5 Å². The van der Waals surface area contributed by atoms with Crippen LogP contribution in [0.1, 0.15) is 37.6 Å². The van der Waals surface area contributed by atoms with Crippen molar-refractivity contribution in [3.63, 3.8) is 0 Å². The van der Waals surface area contributed by atoms with Crippen LogP contribution in [0.2, 0.25) is 0 Å². The lowest BCUT2D eigenvalue weighted by Crippen LogP contribution is -2.10. The molecule has 2 aromatic rings. The van der Waals surface area contributed by atoms with Crippen molar-refractivity contribution in [1.82, 2.24) is 9.97 Å². The number of nitrogens with zero attached hydrogens (tertiary/aromatic N) is 2. The minimum absolute atomic E-state index is 0.300. The maximum atomic E-state index is 5.39. The number of hydrogen-bond donors (Lipinski definition) is 1. The van der Waals surface area contributed by atoms with Gasteiger partial charge in [-0.2, -0.15) is 0 Å². The number of aromatic nitrogens is 2. The van der Waals surface area contributed by atoms with E-state index in [2.05, 4.69) is 39.7 Å². The van der Waals surface area contributed by atoms with Crippen LogP contribution >= 0.6 is 11.3 Å². The van der Waals surface area contributed by atoms with Gasteiger partial charge < -0.3 is 10.1 Å². The Labute approximate surface area is 117 Å². The molecule has 2 rings (SSSR count). The minimum Gasteiger partial charge on any atom is -0.478 e. The van der Waals surface area contributed by atoms with E-state index in [0.717, 1.165) is 18.7 Å². The maximum absolute atomic E-state index is 5.39. The summed E-state index contributed by atoms with van der Waals surface area (Å²) in [6.07, 6.45) is 3.73. The molecule has 0 radical (unpaired) electrons. The van der Waals surface area contributed by atoms with Crippen molar-refractivity contribution in [2.45, 2.75) is 32.7 Å². The summed E-state index contributed by atoms with van der Waals surface area (Å²) in [6, 6.07) is 6.38. The van der Waals surface area contributed by atoms with Crippen LogP contribution in [0.15, 0.2) is 29.9 Å². The maximum Gasteiger partial charge on any atom is 0.218 e. The molecule has 5 heteroatoms. The third-order valence-corrected chi connectivity index (χ3v) is 3.71. The summed E-state index contributed by atoms with van der Waals surface area (Å²) in [5, 5.41) is 5.56. The van der Waals surface area contributed by atoms with E-state index in [4.69, 9.17) is 4.74 Å². The molecule has 4 nitrogen and oxygen atoms in total. The van der Waals surface area contributed by atoms with Crippen molar-refractivity contribution in [2.75, 3.05) is 11.9 Å². The zero-order valence-corrected chi connectivity index (χ0v) is 12.1. The van der Waals surface area contributed by atoms with Gasteiger partial charge in [-0.1, -0.05) is 19.4 Å². The Morgan fingerprint density at radius 2 is 2.26 bits per heavy atom. The van der Waals surface area contributed by atoms with Gasteiger partial charge in [0.1, 0.15) is 12.1 Å². The highest BCUT2D eigenvalue weighted by atomic mass is 32.1. The van der Waals surface area contributed by atoms with Crippen molar-refractivity contribution >= 4 is 17.2 Å². The Morgan fingerprint density at radius 3 is 2.95 bits per heavy atom. The molecule has 1 atom stereocenters. The summed E-state index contributed by atoms with van der Waals surface area (Å²) in [5.41, 5.74) is 0. The lowest BCUT2D eigenvalue weighted by molar-refractivity contribution is 0.326. The summed E-state index contributed by atoms with van der Waals surface area (Å²) in [6.45, 7) is 4.74. The molecule has 0 saturated heterocycles. The number of ether oxygens (including phenoxy) is 1. The van der Waals surface area contributed by atoms with Gasteiger partial charge in [-0.15, -0.1) is 11.3 Å². The lowest BCUT2D eigenvalue weighted by Gasteiger charge is -2.17. The quantitative estimate of drug-likeness (QED) is 0.834. The van der Waals surface area contributed by atoms with E-state index in [1.807, 2.05) is 13.0 Å². The van der Waals surface area contributed by atoms with Crippen LogP contribution in [-0.4, -0.2) is 16.6 Å². The monoisotopic (exact) mass is 277 g/mol. The lowest BCUT2D eigenvalue weighted by atomic mass is 10.1. The van der Waals surface area contributed by atoms with Crippen molar-refractivity contribution in [1.29, 1.82) is 0 Å². The van der Waals surface area contributed by atoms with Crippen LogP contribution in [-0.2, 0) is 0 Å². The first kappa shape index (κ1) is 13.8. The Kier molecular flexibility index (Phi) is 5.15. The molecule has 2 aromatic heterocycles. The number of hydrogen-bond acceptors (Lipinski definition) is 5. The first-order valence-electron chi connectivity index (χ1n) is 6.58. The second-order valence-electron chi connectivity index (χ2n) is 4.18. The van der Waals surface area contributed by atoms with Crippen LogP contribution in [0, 0.1) is 0 Å². The fraction of sp³-hybridized carbons (Fsp3) is 0.429. The second-order valence-corrected chi connectivity index (χ2v) is 5.15. The molecule has 1 unspecified atom stereocenters. The van der Waals surface area contributed by atoms with E-state index in [1.54, 1.807) is 11.3 Å². The average molecular weight is 277 g/mol. The molecular formula is C14H19N3OS. The molecule has 102 valence electrons. The Bertz CT molecular complexity index is 487. The molecule has 0 aliphatic rings. The van der Waals surface area contributed by atoms with Crippen molar-refractivity contribution in [3.05, 3.63) is 34.8 Å². The second kappa shape index (κ2) is 7.09. The van der Waals surface area contributed by atoms with Crippen LogP contribution in [0.4, 0.5) is 5.82 Å². The summed E-state index contributed by atoms with van der Waals surface area (Å²) < 4.78 is 5.39. The highest BCUT2D eigenvalue weighted by Gasteiger charge is 2.12. The summed E-state index contributed by atoms with van der Waals surface area (Å²) >= 11 is 1.77. The molecule has 0 fully saturated rings. The summed E-state index contributed by atoms with van der Waals surface area (Å²) in [4.78, 5) is 9.66. The van der Waals surface area contributed by atoms with E-state index in [-0.39, 0.29) is 0 Å². The highest BCUT2D eigenvalue weighted by Crippen LogP contribution is 2.27. The first-order chi connectivity index (χ1) is 9.33. The molecule has 1 N–H and O–H groups in total. The summed E-state index contributed by atoms with van der Waals surface area (Å²) in [5.74, 6) is 1.42. The first-order valence-corrected chi connectivity index (χ1v) is 7.46. The number of thiophene rings is 1. The van der Waals surface area contributed by atoms with E-state index < -0.39 is 0 Å². The van der Waals surface area contributed by atoms with Crippen LogP contribution in [0.5, 0.6) is 5.88 Å². The Balaban J connectivity index is 2.10. The van der Waals surface area contributed by atoms with Crippen LogP contribution in [0.25, 0.3) is 0 Å². The van der Waals surface area contributed by atoms with Gasteiger partial charge in [-0.3, -0.25) is 0 Å². The summed E-state index contributed by atoms with van der Waals surface area (Å²) in [7, 11) is 0. The van der Waals surface area contributed by atoms with Gasteiger partial charge in [0, 0.05) is 10.9 Å². The largest absolute Gasteiger partial charge is 0.478 e. The van der Waals surface area contributed by atoms with Crippen LogP contribution < -0.4 is 10.1 Å². The van der Waals surface area contributed by atoms with Gasteiger partial charge in [0.05, 0.1) is 12.6 Å². The molecule has 0 amide bonds. The normalized spacial score (nSPS) is 12.1. The number of anilines is 1. The molecule has 0 aromatic carbocycles. The van der Waals surface area contributed by atoms with Gasteiger partial charge in [0.2, 0.25) is 5.88 Å². The predicted octanol–water partition coefficient (Wildman–Crippen LogP) is 3.89.